The topological polar surface area (TPSA) is 43.4 Å². The summed E-state index contributed by atoms with van der Waals surface area (Å²) in [4.78, 5) is 23.8. The van der Waals surface area contributed by atoms with Crippen LogP contribution >= 0.6 is 35.0 Å². The Morgan fingerprint density at radius 3 is 2.50 bits per heavy atom. The molecule has 1 unspecified atom stereocenters. The summed E-state index contributed by atoms with van der Waals surface area (Å²) >= 11 is 12.8. The largest absolute Gasteiger partial charge is 0.467 e. The number of esters is 1. The standard InChI is InChI=1S/C12H8Cl2O3S/c1-17-11(16)12(14)9(15)8(10(13)18-12)7-5-3-2-4-6-7/h2-6H,1H3. The number of benzene rings is 1. The van der Waals surface area contributed by atoms with E-state index in [1.165, 1.54) is 7.11 Å². The number of hydrogen-bond donors (Lipinski definition) is 0. The number of thioether (sulfide) groups is 1. The van der Waals surface area contributed by atoms with Gasteiger partial charge in [-0.3, -0.25) is 4.79 Å². The number of rotatable bonds is 2. The number of halogens is 2. The van der Waals surface area contributed by atoms with Gasteiger partial charge >= 0.3 is 5.97 Å². The highest BCUT2D eigenvalue weighted by Gasteiger charge is 2.53. The Morgan fingerprint density at radius 2 is 1.94 bits per heavy atom. The summed E-state index contributed by atoms with van der Waals surface area (Å²) in [6.07, 6.45) is 0. The van der Waals surface area contributed by atoms with Gasteiger partial charge in [0.25, 0.3) is 4.21 Å². The molecule has 0 bridgehead atoms. The van der Waals surface area contributed by atoms with Crippen LogP contribution in [0.5, 0.6) is 0 Å². The predicted molar refractivity (Wildman–Crippen MR) is 72.4 cm³/mol. The van der Waals surface area contributed by atoms with Crippen molar-refractivity contribution in [3.05, 3.63) is 40.3 Å². The van der Waals surface area contributed by atoms with Crippen LogP contribution in [0.4, 0.5) is 0 Å². The molecule has 0 saturated heterocycles. The zero-order chi connectivity index (χ0) is 13.3. The van der Waals surface area contributed by atoms with Gasteiger partial charge in [0.05, 0.1) is 17.0 Å². The number of ether oxygens (including phenoxy) is 1. The molecular weight excluding hydrogens is 295 g/mol. The molecule has 1 aliphatic rings. The molecule has 18 heavy (non-hydrogen) atoms. The van der Waals surface area contributed by atoms with Crippen molar-refractivity contribution in [3.63, 3.8) is 0 Å². The maximum Gasteiger partial charge on any atom is 0.345 e. The van der Waals surface area contributed by atoms with Crippen LogP contribution in [0.3, 0.4) is 0 Å². The second kappa shape index (κ2) is 4.96. The van der Waals surface area contributed by atoms with E-state index in [4.69, 9.17) is 23.2 Å². The SMILES string of the molecule is COC(=O)C1(Cl)SC(Cl)=C(c2ccccc2)C1=O. The first-order valence-electron chi connectivity index (χ1n) is 4.97. The second-order valence-electron chi connectivity index (χ2n) is 3.53. The number of carbonyl (C=O) groups excluding carboxylic acids is 2. The molecule has 1 aliphatic heterocycles. The van der Waals surface area contributed by atoms with E-state index in [1.54, 1.807) is 24.3 Å². The van der Waals surface area contributed by atoms with Gasteiger partial charge in [-0.05, 0) is 5.56 Å². The number of Topliss-reactive ketones (excluding diaryl/α,β-unsaturated/α-hetero) is 1. The van der Waals surface area contributed by atoms with E-state index in [9.17, 15) is 9.59 Å². The van der Waals surface area contributed by atoms with E-state index in [-0.39, 0.29) is 9.94 Å². The Kier molecular flexibility index (Phi) is 3.71. The first-order valence-corrected chi connectivity index (χ1v) is 6.54. The highest BCUT2D eigenvalue weighted by molar-refractivity contribution is 8.09. The molecule has 0 aromatic heterocycles. The van der Waals surface area contributed by atoms with E-state index >= 15 is 0 Å². The normalized spacial score (nSPS) is 23.4. The van der Waals surface area contributed by atoms with Crippen LogP contribution in [-0.2, 0) is 14.3 Å². The van der Waals surface area contributed by atoms with Crippen molar-refractivity contribution in [2.45, 2.75) is 4.21 Å². The fraction of sp³-hybridized carbons (Fsp3) is 0.167. The third-order valence-corrected chi connectivity index (χ3v) is 4.45. The minimum absolute atomic E-state index is 0.201. The van der Waals surface area contributed by atoms with Gasteiger partial charge in [-0.2, -0.15) is 0 Å². The molecule has 3 nitrogen and oxygen atoms in total. The smallest absolute Gasteiger partial charge is 0.345 e. The molecular formula is C12H8Cl2O3S. The fourth-order valence-corrected chi connectivity index (χ4v) is 3.57. The number of ketones is 1. The van der Waals surface area contributed by atoms with Crippen LogP contribution in [0.15, 0.2) is 34.7 Å². The Morgan fingerprint density at radius 1 is 1.33 bits per heavy atom. The van der Waals surface area contributed by atoms with E-state index < -0.39 is 16.0 Å². The van der Waals surface area contributed by atoms with E-state index in [0.29, 0.717) is 5.56 Å². The van der Waals surface area contributed by atoms with Crippen molar-refractivity contribution in [2.24, 2.45) is 0 Å². The highest BCUT2D eigenvalue weighted by Crippen LogP contribution is 2.51. The number of hydrogen-bond acceptors (Lipinski definition) is 4. The van der Waals surface area contributed by atoms with Crippen LogP contribution < -0.4 is 0 Å². The van der Waals surface area contributed by atoms with Crippen molar-refractivity contribution in [2.75, 3.05) is 7.11 Å². The average Bonchev–Trinajstić information content (AvgIpc) is 2.61. The highest BCUT2D eigenvalue weighted by atomic mass is 35.5. The third kappa shape index (κ3) is 2.05. The van der Waals surface area contributed by atoms with Gasteiger partial charge in [0.1, 0.15) is 0 Å². The van der Waals surface area contributed by atoms with Crippen molar-refractivity contribution in [1.82, 2.24) is 0 Å². The summed E-state index contributed by atoms with van der Waals surface area (Å²) in [5, 5.41) is 0. The predicted octanol–water partition coefficient (Wildman–Crippen LogP) is 3.02. The zero-order valence-corrected chi connectivity index (χ0v) is 11.6. The second-order valence-corrected chi connectivity index (χ2v) is 6.15. The van der Waals surface area contributed by atoms with Gasteiger partial charge < -0.3 is 4.74 Å². The molecule has 0 saturated carbocycles. The van der Waals surface area contributed by atoms with Gasteiger partial charge in [-0.1, -0.05) is 65.3 Å². The van der Waals surface area contributed by atoms with Crippen LogP contribution in [0.2, 0.25) is 0 Å². The molecule has 0 radical (unpaired) electrons. The summed E-state index contributed by atoms with van der Waals surface area (Å²) in [7, 11) is 1.18. The maximum atomic E-state index is 12.2. The van der Waals surface area contributed by atoms with E-state index in [1.807, 2.05) is 6.07 Å². The quantitative estimate of drug-likeness (QED) is 0.478. The van der Waals surface area contributed by atoms with Crippen molar-refractivity contribution < 1.29 is 14.3 Å². The Labute approximate surface area is 118 Å². The molecule has 6 heteroatoms. The van der Waals surface area contributed by atoms with Gasteiger partial charge in [0.2, 0.25) is 5.78 Å². The van der Waals surface area contributed by atoms with E-state index in [0.717, 1.165) is 11.8 Å². The summed E-state index contributed by atoms with van der Waals surface area (Å²) in [5.41, 5.74) is 0.883. The van der Waals surface area contributed by atoms with Gasteiger partial charge in [-0.25, -0.2) is 4.79 Å². The molecule has 0 N–H and O–H groups in total. The average molecular weight is 303 g/mol. The molecule has 0 amide bonds. The molecule has 1 atom stereocenters. The van der Waals surface area contributed by atoms with Crippen LogP contribution in [0, 0.1) is 0 Å². The molecule has 94 valence electrons. The van der Waals surface area contributed by atoms with Crippen molar-refractivity contribution >= 4 is 52.3 Å². The molecule has 0 spiro atoms. The van der Waals surface area contributed by atoms with Gasteiger partial charge in [0, 0.05) is 0 Å². The molecule has 0 fully saturated rings. The van der Waals surface area contributed by atoms with Crippen LogP contribution in [0.1, 0.15) is 5.56 Å². The Balaban J connectivity index is 2.44. The van der Waals surface area contributed by atoms with Gasteiger partial charge in [0.15, 0.2) is 0 Å². The number of alkyl halides is 1. The zero-order valence-electron chi connectivity index (χ0n) is 9.28. The first-order chi connectivity index (χ1) is 8.50. The molecule has 1 heterocycles. The Bertz CT molecular complexity index is 542. The summed E-state index contributed by atoms with van der Waals surface area (Å²) in [5.74, 6) is -1.36. The number of allylic oxidation sites excluding steroid dienone is 1. The van der Waals surface area contributed by atoms with Crippen LogP contribution in [0.25, 0.3) is 5.57 Å². The summed E-state index contributed by atoms with van der Waals surface area (Å²) in [6, 6.07) is 8.83. The van der Waals surface area contributed by atoms with E-state index in [2.05, 4.69) is 4.74 Å². The lowest BCUT2D eigenvalue weighted by molar-refractivity contribution is -0.143. The first kappa shape index (κ1) is 13.5. The lowest BCUT2D eigenvalue weighted by atomic mass is 10.0. The van der Waals surface area contributed by atoms with Gasteiger partial charge in [-0.15, -0.1) is 0 Å². The lowest BCUT2D eigenvalue weighted by Gasteiger charge is -2.15. The molecule has 1 aromatic carbocycles. The fourth-order valence-electron chi connectivity index (χ4n) is 1.59. The van der Waals surface area contributed by atoms with Crippen molar-refractivity contribution in [1.29, 1.82) is 0 Å². The lowest BCUT2D eigenvalue weighted by Crippen LogP contribution is -2.36. The Hall–Kier alpha value is -0.970. The molecule has 2 rings (SSSR count). The van der Waals surface area contributed by atoms with Crippen molar-refractivity contribution in [3.8, 4) is 0 Å². The minimum atomic E-state index is -1.81. The third-order valence-electron chi connectivity index (χ3n) is 2.46. The molecule has 1 aromatic rings. The number of carbonyl (C=O) groups is 2. The maximum absolute atomic E-state index is 12.2. The van der Waals surface area contributed by atoms with Crippen LogP contribution in [-0.4, -0.2) is 23.1 Å². The summed E-state index contributed by atoms with van der Waals surface area (Å²) < 4.78 is 2.93. The minimum Gasteiger partial charge on any atom is -0.467 e. The summed E-state index contributed by atoms with van der Waals surface area (Å²) in [6.45, 7) is 0. The monoisotopic (exact) mass is 302 g/mol. The molecule has 0 aliphatic carbocycles. The number of methoxy groups -OCH3 is 1.